The average Bonchev–Trinajstić information content (AvgIpc) is 1.90. The van der Waals surface area contributed by atoms with Gasteiger partial charge in [-0.2, -0.15) is 5.10 Å². The molecule has 4 heteroatoms. The van der Waals surface area contributed by atoms with E-state index in [1.165, 1.54) is 0 Å². The van der Waals surface area contributed by atoms with Gasteiger partial charge >= 0.3 is 0 Å². The maximum atomic E-state index is 4.49. The number of hydrogen-bond acceptors (Lipinski definition) is 4. The number of nitrogens with zero attached hydrogens (tertiary/aromatic N) is 2. The Morgan fingerprint density at radius 2 is 2.22 bits per heavy atom. The van der Waals surface area contributed by atoms with Crippen LogP contribution in [0.2, 0.25) is 0 Å². The Kier molecular flexibility index (Phi) is 1.89. The van der Waals surface area contributed by atoms with Crippen molar-refractivity contribution in [1.29, 1.82) is 0 Å². The summed E-state index contributed by atoms with van der Waals surface area (Å²) in [6.45, 7) is 1.86. The summed E-state index contributed by atoms with van der Waals surface area (Å²) in [4.78, 5) is 0. The Balaban J connectivity index is 2.88. The van der Waals surface area contributed by atoms with E-state index < -0.39 is 0 Å². The average molecular weight is 142 g/mol. The third kappa shape index (κ3) is 1.57. The molecule has 1 rings (SSSR count). The summed E-state index contributed by atoms with van der Waals surface area (Å²) in [7, 11) is 0. The summed E-state index contributed by atoms with van der Waals surface area (Å²) in [6, 6.07) is 3.51. The van der Waals surface area contributed by atoms with Gasteiger partial charge in [-0.05, 0) is 13.0 Å². The number of hydrogen-bond donors (Lipinski definition) is 1. The van der Waals surface area contributed by atoms with Crippen LogP contribution in [-0.2, 0) is 0 Å². The minimum absolute atomic E-state index is 0.420. The van der Waals surface area contributed by atoms with E-state index in [0.29, 0.717) is 5.88 Å². The third-order valence-corrected chi connectivity index (χ3v) is 1.05. The molecule has 3 nitrogen and oxygen atoms in total. The molecule has 48 valence electrons. The quantitative estimate of drug-likeness (QED) is 0.469. The summed E-state index contributed by atoms with van der Waals surface area (Å²) in [5.74, 6) is 0.420. The molecule has 0 saturated heterocycles. The first-order valence-electron chi connectivity index (χ1n) is 2.44. The topological polar surface area (TPSA) is 35.0 Å². The zero-order chi connectivity index (χ0) is 6.69. The smallest absolute Gasteiger partial charge is 0.246 e. The van der Waals surface area contributed by atoms with Crippen molar-refractivity contribution in [3.63, 3.8) is 0 Å². The standard InChI is InChI=1S/C5H6N2OS/c1-4-2-3-5(8-9)7-6-4/h2-3,9H,1H3. The van der Waals surface area contributed by atoms with E-state index >= 15 is 0 Å². The van der Waals surface area contributed by atoms with Gasteiger partial charge in [0.2, 0.25) is 5.88 Å². The Labute approximate surface area is 58.7 Å². The second-order valence-electron chi connectivity index (χ2n) is 1.60. The van der Waals surface area contributed by atoms with E-state index in [9.17, 15) is 0 Å². The molecule has 9 heavy (non-hydrogen) atoms. The first-order valence-corrected chi connectivity index (χ1v) is 2.81. The molecule has 1 aromatic heterocycles. The van der Waals surface area contributed by atoms with E-state index in [0.717, 1.165) is 5.69 Å². The highest BCUT2D eigenvalue weighted by Gasteiger charge is 1.89. The zero-order valence-electron chi connectivity index (χ0n) is 4.90. The van der Waals surface area contributed by atoms with Crippen LogP contribution in [0.25, 0.3) is 0 Å². The molecule has 0 fully saturated rings. The maximum Gasteiger partial charge on any atom is 0.246 e. The molecule has 0 aliphatic carbocycles. The van der Waals surface area contributed by atoms with E-state index in [1.54, 1.807) is 12.1 Å². The van der Waals surface area contributed by atoms with E-state index in [-0.39, 0.29) is 0 Å². The second-order valence-corrected chi connectivity index (χ2v) is 1.79. The van der Waals surface area contributed by atoms with Gasteiger partial charge in [0, 0.05) is 19.0 Å². The SMILES string of the molecule is Cc1ccc(OS)nn1. The predicted molar refractivity (Wildman–Crippen MR) is 36.4 cm³/mol. The van der Waals surface area contributed by atoms with Crippen LogP contribution in [-0.4, -0.2) is 10.2 Å². The van der Waals surface area contributed by atoms with Crippen LogP contribution >= 0.6 is 12.9 Å². The molecule has 0 aromatic carbocycles. The Morgan fingerprint density at radius 1 is 1.44 bits per heavy atom. The van der Waals surface area contributed by atoms with Gasteiger partial charge in [-0.25, -0.2) is 0 Å². The van der Waals surface area contributed by atoms with E-state index in [1.807, 2.05) is 6.92 Å². The van der Waals surface area contributed by atoms with E-state index in [2.05, 4.69) is 27.3 Å². The number of thiol groups is 1. The van der Waals surface area contributed by atoms with Gasteiger partial charge in [-0.15, -0.1) is 5.10 Å². The lowest BCUT2D eigenvalue weighted by molar-refractivity contribution is 0.609. The van der Waals surface area contributed by atoms with Gasteiger partial charge in [0.05, 0.1) is 5.69 Å². The number of aromatic nitrogens is 2. The molecule has 0 aliphatic rings. The van der Waals surface area contributed by atoms with Crippen molar-refractivity contribution in [2.75, 3.05) is 0 Å². The van der Waals surface area contributed by atoms with Gasteiger partial charge in [0.25, 0.3) is 0 Å². The Morgan fingerprint density at radius 3 is 2.67 bits per heavy atom. The first kappa shape index (κ1) is 6.35. The molecule has 0 bridgehead atoms. The van der Waals surface area contributed by atoms with Crippen LogP contribution in [0.4, 0.5) is 0 Å². The molecule has 1 heterocycles. The fourth-order valence-electron chi connectivity index (χ4n) is 0.435. The minimum atomic E-state index is 0.420. The predicted octanol–water partition coefficient (Wildman–Crippen LogP) is 1.01. The van der Waals surface area contributed by atoms with Crippen LogP contribution in [0, 0.1) is 6.92 Å². The van der Waals surface area contributed by atoms with Crippen molar-refractivity contribution in [1.82, 2.24) is 10.2 Å². The van der Waals surface area contributed by atoms with Crippen molar-refractivity contribution in [2.24, 2.45) is 0 Å². The lowest BCUT2D eigenvalue weighted by Gasteiger charge is -1.92. The Hall–Kier alpha value is -0.770. The molecule has 0 N–H and O–H groups in total. The summed E-state index contributed by atoms with van der Waals surface area (Å²) in [5, 5.41) is 7.37. The van der Waals surface area contributed by atoms with Gasteiger partial charge in [0.15, 0.2) is 0 Å². The highest BCUT2D eigenvalue weighted by molar-refractivity contribution is 7.75. The first-order chi connectivity index (χ1) is 4.33. The van der Waals surface area contributed by atoms with Crippen LogP contribution in [0.5, 0.6) is 5.88 Å². The monoisotopic (exact) mass is 142 g/mol. The largest absolute Gasteiger partial charge is 0.407 e. The lowest BCUT2D eigenvalue weighted by atomic mass is 10.4. The van der Waals surface area contributed by atoms with Crippen molar-refractivity contribution in [3.05, 3.63) is 17.8 Å². The van der Waals surface area contributed by atoms with Crippen LogP contribution in [0.1, 0.15) is 5.69 Å². The minimum Gasteiger partial charge on any atom is -0.407 e. The third-order valence-electron chi connectivity index (χ3n) is 0.867. The number of aryl methyl sites for hydroxylation is 1. The highest BCUT2D eigenvalue weighted by atomic mass is 32.1. The Bertz CT molecular complexity index is 187. The van der Waals surface area contributed by atoms with Crippen LogP contribution in [0.15, 0.2) is 12.1 Å². The van der Waals surface area contributed by atoms with Crippen molar-refractivity contribution < 1.29 is 4.18 Å². The van der Waals surface area contributed by atoms with Gasteiger partial charge in [0.1, 0.15) is 0 Å². The van der Waals surface area contributed by atoms with E-state index in [4.69, 9.17) is 0 Å². The van der Waals surface area contributed by atoms with Gasteiger partial charge in [-0.1, -0.05) is 0 Å². The molecular weight excluding hydrogens is 136 g/mol. The normalized spacial score (nSPS) is 9.11. The molecule has 0 aliphatic heterocycles. The molecule has 0 spiro atoms. The summed E-state index contributed by atoms with van der Waals surface area (Å²) >= 11 is 3.54. The second kappa shape index (κ2) is 2.68. The van der Waals surface area contributed by atoms with Crippen LogP contribution in [0.3, 0.4) is 0 Å². The molecule has 0 unspecified atom stereocenters. The lowest BCUT2D eigenvalue weighted by Crippen LogP contribution is -1.86. The summed E-state index contributed by atoms with van der Waals surface area (Å²) < 4.78 is 4.49. The van der Waals surface area contributed by atoms with Crippen LogP contribution < -0.4 is 4.18 Å². The van der Waals surface area contributed by atoms with Crippen molar-refractivity contribution in [2.45, 2.75) is 6.92 Å². The van der Waals surface area contributed by atoms with Crippen molar-refractivity contribution in [3.8, 4) is 5.88 Å². The fourth-order valence-corrected chi connectivity index (χ4v) is 0.533. The molecule has 0 atom stereocenters. The van der Waals surface area contributed by atoms with Gasteiger partial charge < -0.3 is 4.18 Å². The molecule has 0 radical (unpaired) electrons. The molecule has 1 aromatic rings. The highest BCUT2D eigenvalue weighted by Crippen LogP contribution is 2.04. The molecular formula is C5H6N2OS. The fraction of sp³-hybridized carbons (Fsp3) is 0.200. The molecule has 0 amide bonds. The zero-order valence-corrected chi connectivity index (χ0v) is 5.80. The van der Waals surface area contributed by atoms with Crippen molar-refractivity contribution >= 4 is 12.9 Å². The number of rotatable bonds is 1. The molecule has 0 saturated carbocycles. The summed E-state index contributed by atoms with van der Waals surface area (Å²) in [5.41, 5.74) is 0.865. The summed E-state index contributed by atoms with van der Waals surface area (Å²) in [6.07, 6.45) is 0. The maximum absolute atomic E-state index is 4.49. The van der Waals surface area contributed by atoms with Gasteiger partial charge in [-0.3, -0.25) is 0 Å².